The summed E-state index contributed by atoms with van der Waals surface area (Å²) >= 11 is 0. The highest BCUT2D eigenvalue weighted by molar-refractivity contribution is 5.43. The summed E-state index contributed by atoms with van der Waals surface area (Å²) in [4.78, 5) is 0. The number of nitrogens with one attached hydrogen (secondary N) is 1. The van der Waals surface area contributed by atoms with E-state index in [9.17, 15) is 0 Å². The third kappa shape index (κ3) is 4.08. The van der Waals surface area contributed by atoms with Gasteiger partial charge in [0.1, 0.15) is 11.9 Å². The predicted molar refractivity (Wildman–Crippen MR) is 88.8 cm³/mol. The van der Waals surface area contributed by atoms with Gasteiger partial charge >= 0.3 is 0 Å². The second-order valence-electron chi connectivity index (χ2n) is 5.51. The molecule has 0 aliphatic rings. The van der Waals surface area contributed by atoms with Crippen LogP contribution in [-0.4, -0.2) is 6.54 Å². The maximum atomic E-state index is 6.20. The van der Waals surface area contributed by atoms with Crippen molar-refractivity contribution in [2.75, 3.05) is 6.54 Å². The fraction of sp³-hybridized carbons (Fsp3) is 0.368. The van der Waals surface area contributed by atoms with Gasteiger partial charge in [0.25, 0.3) is 0 Å². The number of aryl methyl sites for hydroxylation is 2. The smallest absolute Gasteiger partial charge is 0.126 e. The van der Waals surface area contributed by atoms with Crippen LogP contribution in [0, 0.1) is 13.8 Å². The molecule has 1 unspecified atom stereocenters. The van der Waals surface area contributed by atoms with Gasteiger partial charge in [-0.1, -0.05) is 49.4 Å². The molecule has 21 heavy (non-hydrogen) atoms. The van der Waals surface area contributed by atoms with E-state index < -0.39 is 0 Å². The lowest BCUT2D eigenvalue weighted by Crippen LogP contribution is -2.12. The average Bonchev–Trinajstić information content (AvgIpc) is 2.49. The molecule has 0 heterocycles. The van der Waals surface area contributed by atoms with Gasteiger partial charge in [0.2, 0.25) is 0 Å². The molecule has 2 aromatic carbocycles. The molecule has 2 aromatic rings. The molecule has 112 valence electrons. The minimum Gasteiger partial charge on any atom is -0.485 e. The average molecular weight is 283 g/mol. The first-order chi connectivity index (χ1) is 10.1. The Morgan fingerprint density at radius 2 is 1.67 bits per heavy atom. The van der Waals surface area contributed by atoms with Crippen LogP contribution in [0.2, 0.25) is 0 Å². The topological polar surface area (TPSA) is 21.3 Å². The molecule has 0 amide bonds. The molecule has 0 saturated carbocycles. The number of hydrogen-bond acceptors (Lipinski definition) is 2. The van der Waals surface area contributed by atoms with Gasteiger partial charge in [-0.2, -0.15) is 0 Å². The van der Waals surface area contributed by atoms with Crippen LogP contribution in [0.25, 0.3) is 0 Å². The van der Waals surface area contributed by atoms with E-state index in [-0.39, 0.29) is 6.10 Å². The lowest BCUT2D eigenvalue weighted by atomic mass is 10.0. The molecule has 0 saturated heterocycles. The van der Waals surface area contributed by atoms with Crippen LogP contribution >= 0.6 is 0 Å². The Hall–Kier alpha value is -1.80. The van der Waals surface area contributed by atoms with Gasteiger partial charge in [-0.3, -0.25) is 0 Å². The number of benzene rings is 2. The second-order valence-corrected chi connectivity index (χ2v) is 5.51. The van der Waals surface area contributed by atoms with Crippen molar-refractivity contribution in [2.24, 2.45) is 0 Å². The minimum absolute atomic E-state index is 0.0585. The Balaban J connectivity index is 2.16. The lowest BCUT2D eigenvalue weighted by Gasteiger charge is -2.19. The third-order valence-corrected chi connectivity index (χ3v) is 3.66. The maximum Gasteiger partial charge on any atom is 0.126 e. The monoisotopic (exact) mass is 283 g/mol. The van der Waals surface area contributed by atoms with Crippen LogP contribution in [0.5, 0.6) is 5.75 Å². The van der Waals surface area contributed by atoms with Gasteiger partial charge in [-0.05, 0) is 49.6 Å². The first-order valence-electron chi connectivity index (χ1n) is 7.64. The van der Waals surface area contributed by atoms with Crippen molar-refractivity contribution < 1.29 is 4.74 Å². The molecule has 0 radical (unpaired) electrons. The van der Waals surface area contributed by atoms with Crippen molar-refractivity contribution in [3.8, 4) is 5.75 Å². The number of rotatable bonds is 6. The van der Waals surface area contributed by atoms with E-state index >= 15 is 0 Å². The Bertz CT molecular complexity index is 554. The molecule has 2 nitrogen and oxygen atoms in total. The Kier molecular flexibility index (Phi) is 5.40. The van der Waals surface area contributed by atoms with Gasteiger partial charge in [0.05, 0.1) is 0 Å². The fourth-order valence-corrected chi connectivity index (χ4v) is 2.57. The zero-order valence-corrected chi connectivity index (χ0v) is 13.4. The van der Waals surface area contributed by atoms with E-state index in [0.717, 1.165) is 18.8 Å². The zero-order chi connectivity index (χ0) is 15.2. The lowest BCUT2D eigenvalue weighted by molar-refractivity contribution is 0.223. The SMILES string of the molecule is CCNCc1cc(C)c(OC(C)c2ccccc2)c(C)c1. The summed E-state index contributed by atoms with van der Waals surface area (Å²) in [6.45, 7) is 10.4. The summed E-state index contributed by atoms with van der Waals surface area (Å²) in [5, 5.41) is 3.36. The van der Waals surface area contributed by atoms with E-state index in [4.69, 9.17) is 4.74 Å². The van der Waals surface area contributed by atoms with Crippen LogP contribution in [0.1, 0.15) is 42.2 Å². The van der Waals surface area contributed by atoms with Crippen molar-refractivity contribution in [1.82, 2.24) is 5.32 Å². The first kappa shape index (κ1) is 15.6. The highest BCUT2D eigenvalue weighted by Crippen LogP contribution is 2.29. The summed E-state index contributed by atoms with van der Waals surface area (Å²) < 4.78 is 6.20. The molecule has 2 heteroatoms. The predicted octanol–water partition coefficient (Wildman–Crippen LogP) is 4.55. The summed E-state index contributed by atoms with van der Waals surface area (Å²) in [7, 11) is 0. The van der Waals surface area contributed by atoms with E-state index in [2.05, 4.69) is 69.4 Å². The van der Waals surface area contributed by atoms with Gasteiger partial charge < -0.3 is 10.1 Å². The Morgan fingerprint density at radius 1 is 1.05 bits per heavy atom. The van der Waals surface area contributed by atoms with Gasteiger partial charge in [0, 0.05) is 6.54 Å². The van der Waals surface area contributed by atoms with Crippen molar-refractivity contribution in [3.05, 3.63) is 64.7 Å². The standard InChI is InChI=1S/C19H25NO/c1-5-20-13-17-11-14(2)19(15(3)12-17)21-16(4)18-9-7-6-8-10-18/h6-12,16,20H,5,13H2,1-4H3. The molecular weight excluding hydrogens is 258 g/mol. The van der Waals surface area contributed by atoms with Crippen LogP contribution in [0.4, 0.5) is 0 Å². The fourth-order valence-electron chi connectivity index (χ4n) is 2.57. The van der Waals surface area contributed by atoms with Crippen molar-refractivity contribution in [1.29, 1.82) is 0 Å². The molecule has 0 bridgehead atoms. The minimum atomic E-state index is 0.0585. The molecule has 2 rings (SSSR count). The molecular formula is C19H25NO. The summed E-state index contributed by atoms with van der Waals surface area (Å²) in [5.41, 5.74) is 4.91. The summed E-state index contributed by atoms with van der Waals surface area (Å²) in [6.07, 6.45) is 0.0585. The quantitative estimate of drug-likeness (QED) is 0.839. The highest BCUT2D eigenvalue weighted by Gasteiger charge is 2.12. The maximum absolute atomic E-state index is 6.20. The molecule has 0 aromatic heterocycles. The highest BCUT2D eigenvalue weighted by atomic mass is 16.5. The normalized spacial score (nSPS) is 12.2. The number of ether oxygens (including phenoxy) is 1. The van der Waals surface area contributed by atoms with E-state index in [0.29, 0.717) is 0 Å². The van der Waals surface area contributed by atoms with E-state index in [1.165, 1.54) is 22.3 Å². The van der Waals surface area contributed by atoms with Gasteiger partial charge in [-0.15, -0.1) is 0 Å². The van der Waals surface area contributed by atoms with Crippen molar-refractivity contribution >= 4 is 0 Å². The first-order valence-corrected chi connectivity index (χ1v) is 7.64. The summed E-state index contributed by atoms with van der Waals surface area (Å²) in [5.74, 6) is 1.01. The molecule has 0 aliphatic carbocycles. The molecule has 0 spiro atoms. The summed E-state index contributed by atoms with van der Waals surface area (Å²) in [6, 6.07) is 14.8. The third-order valence-electron chi connectivity index (χ3n) is 3.66. The van der Waals surface area contributed by atoms with Crippen molar-refractivity contribution in [2.45, 2.75) is 40.3 Å². The van der Waals surface area contributed by atoms with Crippen LogP contribution in [-0.2, 0) is 6.54 Å². The van der Waals surface area contributed by atoms with Crippen molar-refractivity contribution in [3.63, 3.8) is 0 Å². The van der Waals surface area contributed by atoms with Gasteiger partial charge in [0.15, 0.2) is 0 Å². The molecule has 0 fully saturated rings. The molecule has 1 atom stereocenters. The van der Waals surface area contributed by atoms with E-state index in [1.807, 2.05) is 6.07 Å². The van der Waals surface area contributed by atoms with E-state index in [1.54, 1.807) is 0 Å². The second kappa shape index (κ2) is 7.28. The molecule has 1 N–H and O–H groups in total. The van der Waals surface area contributed by atoms with Gasteiger partial charge in [-0.25, -0.2) is 0 Å². The Morgan fingerprint density at radius 3 is 2.24 bits per heavy atom. The van der Waals surface area contributed by atoms with Crippen LogP contribution in [0.3, 0.4) is 0 Å². The largest absolute Gasteiger partial charge is 0.485 e. The zero-order valence-electron chi connectivity index (χ0n) is 13.4. The molecule has 0 aliphatic heterocycles. The number of hydrogen-bond donors (Lipinski definition) is 1. The Labute approximate surface area is 128 Å². The van der Waals surface area contributed by atoms with Crippen LogP contribution < -0.4 is 10.1 Å². The van der Waals surface area contributed by atoms with Crippen LogP contribution in [0.15, 0.2) is 42.5 Å².